The van der Waals surface area contributed by atoms with Gasteiger partial charge in [0.1, 0.15) is 0 Å². The first-order chi connectivity index (χ1) is 9.79. The molecule has 5 nitrogen and oxygen atoms in total. The van der Waals surface area contributed by atoms with Crippen LogP contribution in [0.5, 0.6) is 0 Å². The van der Waals surface area contributed by atoms with Crippen molar-refractivity contribution in [2.24, 2.45) is 5.92 Å². The van der Waals surface area contributed by atoms with Gasteiger partial charge in [-0.25, -0.2) is 0 Å². The predicted octanol–water partition coefficient (Wildman–Crippen LogP) is 2.23. The van der Waals surface area contributed by atoms with Crippen molar-refractivity contribution in [1.82, 2.24) is 10.2 Å². The predicted molar refractivity (Wildman–Crippen MR) is 73.9 cm³/mol. The molecule has 1 N–H and O–H groups in total. The first-order valence-corrected chi connectivity index (χ1v) is 7.29. The molecule has 1 unspecified atom stereocenters. The summed E-state index contributed by atoms with van der Waals surface area (Å²) in [6, 6.07) is 0. The summed E-state index contributed by atoms with van der Waals surface area (Å²) in [5.74, 6) is -0.0583. The normalized spacial score (nSPS) is 22.1. The minimum Gasteiger partial charge on any atom is -0.466 e. The topological polar surface area (TPSA) is 64.2 Å². The summed E-state index contributed by atoms with van der Waals surface area (Å²) >= 11 is 0. The van der Waals surface area contributed by atoms with Crippen molar-refractivity contribution < 1.29 is 14.3 Å². The minimum atomic E-state index is -0.0692. The van der Waals surface area contributed by atoms with Crippen molar-refractivity contribution in [3.8, 4) is 0 Å². The van der Waals surface area contributed by atoms with Gasteiger partial charge in [-0.2, -0.15) is 5.10 Å². The Balaban J connectivity index is 1.73. The Kier molecular flexibility index (Phi) is 3.87. The number of carbonyl (C=O) groups is 1. The maximum Gasteiger partial charge on any atom is 0.309 e. The van der Waals surface area contributed by atoms with Crippen molar-refractivity contribution in [1.29, 1.82) is 0 Å². The van der Waals surface area contributed by atoms with Crippen molar-refractivity contribution in [3.63, 3.8) is 0 Å². The Morgan fingerprint density at radius 2 is 2.45 bits per heavy atom. The van der Waals surface area contributed by atoms with Crippen LogP contribution in [0.3, 0.4) is 0 Å². The van der Waals surface area contributed by atoms with E-state index in [1.807, 2.05) is 6.92 Å². The molecule has 0 radical (unpaired) electrons. The van der Waals surface area contributed by atoms with Crippen LogP contribution < -0.4 is 0 Å². The number of carbonyl (C=O) groups excluding carboxylic acids is 1. The second-order valence-electron chi connectivity index (χ2n) is 5.28. The van der Waals surface area contributed by atoms with Gasteiger partial charge < -0.3 is 9.47 Å². The molecule has 0 saturated heterocycles. The molecular weight excluding hydrogens is 256 g/mol. The molecular formula is C15H20N2O3. The van der Waals surface area contributed by atoms with Gasteiger partial charge in [0.25, 0.3) is 0 Å². The fraction of sp³-hybridized carbons (Fsp3) is 0.600. The van der Waals surface area contributed by atoms with Gasteiger partial charge in [-0.3, -0.25) is 9.89 Å². The van der Waals surface area contributed by atoms with E-state index in [2.05, 4.69) is 16.3 Å². The third kappa shape index (κ3) is 2.50. The number of allylic oxidation sites excluding steroid dienone is 2. The van der Waals surface area contributed by atoms with E-state index >= 15 is 0 Å². The van der Waals surface area contributed by atoms with E-state index in [4.69, 9.17) is 9.47 Å². The third-order valence-electron chi connectivity index (χ3n) is 4.03. The van der Waals surface area contributed by atoms with Gasteiger partial charge in [-0.05, 0) is 38.2 Å². The summed E-state index contributed by atoms with van der Waals surface area (Å²) in [4.78, 5) is 11.7. The van der Waals surface area contributed by atoms with E-state index < -0.39 is 0 Å². The second-order valence-corrected chi connectivity index (χ2v) is 5.28. The number of hydrogen-bond donors (Lipinski definition) is 1. The average Bonchev–Trinajstić information content (AvgIpc) is 2.92. The Labute approximate surface area is 118 Å². The molecule has 0 spiro atoms. The highest BCUT2D eigenvalue weighted by atomic mass is 16.5. The summed E-state index contributed by atoms with van der Waals surface area (Å²) in [7, 11) is 0. The number of aromatic nitrogens is 2. The highest BCUT2D eigenvalue weighted by Crippen LogP contribution is 2.33. The van der Waals surface area contributed by atoms with Crippen LogP contribution in [0.25, 0.3) is 5.57 Å². The average molecular weight is 276 g/mol. The van der Waals surface area contributed by atoms with Crippen LogP contribution in [-0.4, -0.2) is 29.4 Å². The van der Waals surface area contributed by atoms with E-state index in [1.54, 1.807) is 0 Å². The molecule has 0 aromatic carbocycles. The van der Waals surface area contributed by atoms with E-state index in [0.29, 0.717) is 13.2 Å². The molecule has 108 valence electrons. The minimum absolute atomic E-state index is 0.0109. The van der Waals surface area contributed by atoms with Crippen LogP contribution in [0.2, 0.25) is 0 Å². The van der Waals surface area contributed by atoms with Gasteiger partial charge in [0.05, 0.1) is 37.1 Å². The van der Waals surface area contributed by atoms with Gasteiger partial charge in [0, 0.05) is 5.56 Å². The molecule has 0 fully saturated rings. The molecule has 1 aliphatic heterocycles. The fourth-order valence-electron chi connectivity index (χ4n) is 2.93. The Bertz CT molecular complexity index is 533. The number of H-pyrrole nitrogens is 1. The Morgan fingerprint density at radius 1 is 1.55 bits per heavy atom. The number of rotatable bonds is 3. The number of ether oxygens (including phenoxy) is 2. The lowest BCUT2D eigenvalue weighted by Crippen LogP contribution is -2.20. The lowest BCUT2D eigenvalue weighted by Gasteiger charge is -2.20. The molecule has 5 heteroatoms. The third-order valence-corrected chi connectivity index (χ3v) is 4.03. The van der Waals surface area contributed by atoms with Crippen molar-refractivity contribution in [2.45, 2.75) is 39.2 Å². The summed E-state index contributed by atoms with van der Waals surface area (Å²) in [5.41, 5.74) is 4.72. The molecule has 0 amide bonds. The first-order valence-electron chi connectivity index (χ1n) is 7.29. The number of nitrogens with zero attached hydrogens (tertiary/aromatic N) is 1. The Morgan fingerprint density at radius 3 is 3.20 bits per heavy atom. The van der Waals surface area contributed by atoms with Crippen LogP contribution in [-0.2, 0) is 27.3 Å². The molecule has 1 atom stereocenters. The van der Waals surface area contributed by atoms with E-state index in [-0.39, 0.29) is 11.9 Å². The lowest BCUT2D eigenvalue weighted by molar-refractivity contribution is -0.148. The largest absolute Gasteiger partial charge is 0.466 e. The number of nitrogens with one attached hydrogen (secondary N) is 1. The maximum absolute atomic E-state index is 11.7. The smallest absolute Gasteiger partial charge is 0.309 e. The Hall–Kier alpha value is -1.62. The number of aromatic amines is 1. The van der Waals surface area contributed by atoms with Gasteiger partial charge in [0.15, 0.2) is 0 Å². The van der Waals surface area contributed by atoms with Crippen LogP contribution in [0.4, 0.5) is 0 Å². The monoisotopic (exact) mass is 276 g/mol. The summed E-state index contributed by atoms with van der Waals surface area (Å²) in [6.45, 7) is 3.69. The molecule has 2 aliphatic rings. The SMILES string of the molecule is CCOC(=O)C1CC=C(c2n[nH]c3c2CCOC3)CC1. The van der Waals surface area contributed by atoms with Crippen molar-refractivity contribution >= 4 is 11.5 Å². The van der Waals surface area contributed by atoms with Crippen molar-refractivity contribution in [2.75, 3.05) is 13.2 Å². The summed E-state index contributed by atoms with van der Waals surface area (Å²) in [6.07, 6.45) is 5.56. The molecule has 0 bridgehead atoms. The molecule has 2 heterocycles. The van der Waals surface area contributed by atoms with Crippen LogP contribution in [0.1, 0.15) is 43.1 Å². The van der Waals surface area contributed by atoms with Gasteiger partial charge in [-0.15, -0.1) is 0 Å². The lowest BCUT2D eigenvalue weighted by atomic mass is 9.87. The first kappa shape index (κ1) is 13.4. The molecule has 0 saturated carbocycles. The standard InChI is InChI=1S/C15H20N2O3/c1-2-20-15(18)11-5-3-10(4-6-11)14-12-7-8-19-9-13(12)16-17-14/h3,11H,2,4-9H2,1H3,(H,16,17). The molecule has 1 aromatic rings. The highest BCUT2D eigenvalue weighted by molar-refractivity contribution is 5.75. The van der Waals surface area contributed by atoms with Crippen LogP contribution >= 0.6 is 0 Å². The second kappa shape index (κ2) is 5.79. The number of esters is 1. The summed E-state index contributed by atoms with van der Waals surface area (Å²) < 4.78 is 10.5. The summed E-state index contributed by atoms with van der Waals surface area (Å²) in [5, 5.41) is 7.51. The number of fused-ring (bicyclic) bond motifs is 1. The van der Waals surface area contributed by atoms with E-state index in [0.717, 1.165) is 43.7 Å². The van der Waals surface area contributed by atoms with Crippen LogP contribution in [0, 0.1) is 5.92 Å². The van der Waals surface area contributed by atoms with E-state index in [9.17, 15) is 4.79 Å². The maximum atomic E-state index is 11.7. The van der Waals surface area contributed by atoms with Crippen molar-refractivity contribution in [3.05, 3.63) is 23.0 Å². The molecule has 3 rings (SSSR count). The molecule has 1 aliphatic carbocycles. The zero-order valence-corrected chi connectivity index (χ0v) is 11.8. The van der Waals surface area contributed by atoms with Gasteiger partial charge in [-0.1, -0.05) is 6.08 Å². The molecule has 20 heavy (non-hydrogen) atoms. The zero-order valence-electron chi connectivity index (χ0n) is 11.8. The zero-order chi connectivity index (χ0) is 13.9. The fourth-order valence-corrected chi connectivity index (χ4v) is 2.93. The number of hydrogen-bond acceptors (Lipinski definition) is 4. The van der Waals surface area contributed by atoms with Gasteiger partial charge >= 0.3 is 5.97 Å². The molecule has 1 aromatic heterocycles. The quantitative estimate of drug-likeness (QED) is 0.860. The van der Waals surface area contributed by atoms with Gasteiger partial charge in [0.2, 0.25) is 0 Å². The highest BCUT2D eigenvalue weighted by Gasteiger charge is 2.26. The van der Waals surface area contributed by atoms with Crippen LogP contribution in [0.15, 0.2) is 6.08 Å². The van der Waals surface area contributed by atoms with E-state index in [1.165, 1.54) is 11.1 Å².